The lowest BCUT2D eigenvalue weighted by Crippen LogP contribution is -2.30. The first-order valence-electron chi connectivity index (χ1n) is 10.9. The topological polar surface area (TPSA) is 94.3 Å². The number of nitrogens with one attached hydrogen (secondary N) is 1. The van der Waals surface area contributed by atoms with Crippen LogP contribution in [0.4, 0.5) is 5.69 Å². The van der Waals surface area contributed by atoms with E-state index < -0.39 is 6.10 Å². The Hall–Kier alpha value is -4.30. The highest BCUT2D eigenvalue weighted by Crippen LogP contribution is 2.24. The molecule has 0 spiro atoms. The largest absolute Gasteiger partial charge is 0.481 e. The molecule has 3 aromatic heterocycles. The van der Waals surface area contributed by atoms with Gasteiger partial charge in [-0.05, 0) is 74.0 Å². The summed E-state index contributed by atoms with van der Waals surface area (Å²) in [5.41, 5.74) is 4.50. The summed E-state index contributed by atoms with van der Waals surface area (Å²) < 4.78 is 7.47. The van der Waals surface area contributed by atoms with Gasteiger partial charge in [-0.1, -0.05) is 23.7 Å². The second-order valence-electron chi connectivity index (χ2n) is 8.00. The molecule has 0 bridgehead atoms. The van der Waals surface area contributed by atoms with E-state index in [1.165, 1.54) is 0 Å². The maximum atomic E-state index is 12.8. The Balaban J connectivity index is 1.36. The summed E-state index contributed by atoms with van der Waals surface area (Å²) in [6.45, 7) is 3.58. The minimum Gasteiger partial charge on any atom is -0.481 e. The number of carbonyl (C=O) groups excluding carboxylic acids is 1. The van der Waals surface area contributed by atoms with Crippen LogP contribution in [-0.4, -0.2) is 36.8 Å². The van der Waals surface area contributed by atoms with Crippen molar-refractivity contribution in [2.45, 2.75) is 20.0 Å². The molecule has 8 nitrogen and oxygen atoms in total. The van der Waals surface area contributed by atoms with Crippen LogP contribution in [0.25, 0.3) is 28.3 Å². The molecule has 0 radical (unpaired) electrons. The standard InChI is InChI=1S/C26H21ClN6O2/c1-16-13-21(8-9-22(16)27)35-17(2)26(34)29-20-7-3-5-18(14-20)23-10-11-24-30-31-25(33(24)32-23)19-6-4-12-28-15-19/h3-15,17H,1-2H3,(H,29,34). The lowest BCUT2D eigenvalue weighted by Gasteiger charge is -2.16. The molecule has 0 aliphatic rings. The van der Waals surface area contributed by atoms with Crippen molar-refractivity contribution in [3.63, 3.8) is 0 Å². The van der Waals surface area contributed by atoms with Gasteiger partial charge >= 0.3 is 0 Å². The van der Waals surface area contributed by atoms with Gasteiger partial charge in [-0.15, -0.1) is 10.2 Å². The van der Waals surface area contributed by atoms with Crippen molar-refractivity contribution < 1.29 is 9.53 Å². The first kappa shape index (κ1) is 22.5. The van der Waals surface area contributed by atoms with Crippen LogP contribution >= 0.6 is 11.6 Å². The summed E-state index contributed by atoms with van der Waals surface area (Å²) in [7, 11) is 0. The number of amides is 1. The average molecular weight is 485 g/mol. The van der Waals surface area contributed by atoms with Crippen LogP contribution in [0.5, 0.6) is 5.75 Å². The van der Waals surface area contributed by atoms with Crippen molar-refractivity contribution >= 4 is 28.8 Å². The fraction of sp³-hybridized carbons (Fsp3) is 0.115. The van der Waals surface area contributed by atoms with Crippen molar-refractivity contribution in [3.05, 3.63) is 89.7 Å². The zero-order valence-electron chi connectivity index (χ0n) is 19.0. The molecule has 174 valence electrons. The molecule has 0 fully saturated rings. The maximum Gasteiger partial charge on any atom is 0.265 e. The molecule has 5 aromatic rings. The van der Waals surface area contributed by atoms with Gasteiger partial charge in [-0.25, -0.2) is 0 Å². The van der Waals surface area contributed by atoms with Crippen LogP contribution < -0.4 is 10.1 Å². The molecule has 35 heavy (non-hydrogen) atoms. The Morgan fingerprint density at radius 1 is 1.03 bits per heavy atom. The lowest BCUT2D eigenvalue weighted by atomic mass is 10.1. The maximum absolute atomic E-state index is 12.8. The highest BCUT2D eigenvalue weighted by Gasteiger charge is 2.16. The molecular weight excluding hydrogens is 464 g/mol. The summed E-state index contributed by atoms with van der Waals surface area (Å²) in [5.74, 6) is 0.915. The smallest absolute Gasteiger partial charge is 0.265 e. The van der Waals surface area contributed by atoms with Gasteiger partial charge in [-0.3, -0.25) is 9.78 Å². The van der Waals surface area contributed by atoms with Crippen molar-refractivity contribution in [3.8, 4) is 28.4 Å². The zero-order valence-corrected chi connectivity index (χ0v) is 19.8. The van der Waals surface area contributed by atoms with Crippen LogP contribution in [0, 0.1) is 6.92 Å². The SMILES string of the molecule is Cc1cc(OC(C)C(=O)Nc2cccc(-c3ccc4nnc(-c5cccnc5)n4n3)c2)ccc1Cl. The number of hydrogen-bond donors (Lipinski definition) is 1. The summed E-state index contributed by atoms with van der Waals surface area (Å²) >= 11 is 6.07. The number of carbonyl (C=O) groups is 1. The predicted molar refractivity (Wildman–Crippen MR) is 134 cm³/mol. The molecule has 0 aliphatic carbocycles. The molecule has 2 aromatic carbocycles. The number of aryl methyl sites for hydroxylation is 1. The Labute approximate surface area is 206 Å². The third kappa shape index (κ3) is 4.83. The highest BCUT2D eigenvalue weighted by molar-refractivity contribution is 6.31. The molecule has 1 amide bonds. The van der Waals surface area contributed by atoms with Crippen LogP contribution in [-0.2, 0) is 4.79 Å². The molecule has 1 atom stereocenters. The third-order valence-corrected chi connectivity index (χ3v) is 5.84. The predicted octanol–water partition coefficient (Wildman–Crippen LogP) is 5.22. The number of anilines is 1. The quantitative estimate of drug-likeness (QED) is 0.355. The first-order chi connectivity index (χ1) is 17.0. The van der Waals surface area contributed by atoms with Gasteiger partial charge in [0, 0.05) is 34.2 Å². The van der Waals surface area contributed by atoms with Gasteiger partial charge in [0.05, 0.1) is 5.69 Å². The molecule has 5 rings (SSSR count). The van der Waals surface area contributed by atoms with Crippen molar-refractivity contribution in [2.24, 2.45) is 0 Å². The Bertz CT molecular complexity index is 1520. The van der Waals surface area contributed by atoms with E-state index in [2.05, 4.69) is 20.5 Å². The summed E-state index contributed by atoms with van der Waals surface area (Å²) in [6, 6.07) is 20.2. The number of halogens is 1. The number of rotatable bonds is 6. The van der Waals surface area contributed by atoms with Gasteiger partial charge in [0.25, 0.3) is 5.91 Å². The summed E-state index contributed by atoms with van der Waals surface area (Å²) in [6.07, 6.45) is 2.72. The molecule has 0 saturated heterocycles. The molecule has 0 aliphatic heterocycles. The van der Waals surface area contributed by atoms with E-state index >= 15 is 0 Å². The van der Waals surface area contributed by atoms with Crippen LogP contribution in [0.2, 0.25) is 5.02 Å². The van der Waals surface area contributed by atoms with Crippen LogP contribution in [0.15, 0.2) is 79.1 Å². The van der Waals surface area contributed by atoms with Crippen LogP contribution in [0.1, 0.15) is 12.5 Å². The Kier molecular flexibility index (Phi) is 6.12. The van der Waals surface area contributed by atoms with E-state index in [1.807, 2.05) is 55.5 Å². The van der Waals surface area contributed by atoms with Crippen LogP contribution in [0.3, 0.4) is 0 Å². The number of fused-ring (bicyclic) bond motifs is 1. The average Bonchev–Trinajstić information content (AvgIpc) is 3.30. The fourth-order valence-corrected chi connectivity index (χ4v) is 3.68. The molecule has 1 unspecified atom stereocenters. The van der Waals surface area contributed by atoms with Gasteiger partial charge < -0.3 is 10.1 Å². The molecule has 1 N–H and O–H groups in total. The molecular formula is C26H21ClN6O2. The molecule has 0 saturated carbocycles. The van der Waals surface area contributed by atoms with Crippen molar-refractivity contribution in [1.29, 1.82) is 0 Å². The highest BCUT2D eigenvalue weighted by atomic mass is 35.5. The minimum absolute atomic E-state index is 0.268. The Morgan fingerprint density at radius 3 is 2.69 bits per heavy atom. The van der Waals surface area contributed by atoms with E-state index in [9.17, 15) is 4.79 Å². The third-order valence-electron chi connectivity index (χ3n) is 5.42. The number of aromatic nitrogens is 5. The molecule has 3 heterocycles. The van der Waals surface area contributed by atoms with Gasteiger partial charge in [0.2, 0.25) is 0 Å². The fourth-order valence-electron chi connectivity index (χ4n) is 3.57. The second kappa shape index (κ2) is 9.52. The first-order valence-corrected chi connectivity index (χ1v) is 11.3. The van der Waals surface area contributed by atoms with Crippen molar-refractivity contribution in [1.82, 2.24) is 24.8 Å². The van der Waals surface area contributed by atoms with E-state index in [1.54, 1.807) is 42.0 Å². The molecule has 9 heteroatoms. The number of benzene rings is 2. The van der Waals surface area contributed by atoms with Gasteiger partial charge in [0.1, 0.15) is 5.75 Å². The normalized spacial score (nSPS) is 11.9. The van der Waals surface area contributed by atoms with Crippen molar-refractivity contribution in [2.75, 3.05) is 5.32 Å². The number of ether oxygens (including phenoxy) is 1. The van der Waals surface area contributed by atoms with E-state index in [0.717, 1.165) is 16.7 Å². The summed E-state index contributed by atoms with van der Waals surface area (Å²) in [5, 5.41) is 16.7. The number of hydrogen-bond acceptors (Lipinski definition) is 6. The second-order valence-corrected chi connectivity index (χ2v) is 8.40. The number of nitrogens with zero attached hydrogens (tertiary/aromatic N) is 5. The van der Waals surface area contributed by atoms with E-state index in [4.69, 9.17) is 21.4 Å². The minimum atomic E-state index is -0.701. The lowest BCUT2D eigenvalue weighted by molar-refractivity contribution is -0.122. The van der Waals surface area contributed by atoms with Gasteiger partial charge in [0.15, 0.2) is 17.6 Å². The van der Waals surface area contributed by atoms with E-state index in [0.29, 0.717) is 33.6 Å². The summed E-state index contributed by atoms with van der Waals surface area (Å²) in [4.78, 5) is 16.9. The Morgan fingerprint density at radius 2 is 1.89 bits per heavy atom. The van der Waals surface area contributed by atoms with Gasteiger partial charge in [-0.2, -0.15) is 9.61 Å². The number of pyridine rings is 1. The van der Waals surface area contributed by atoms with E-state index in [-0.39, 0.29) is 5.91 Å². The monoisotopic (exact) mass is 484 g/mol. The zero-order chi connectivity index (χ0) is 24.4.